The van der Waals surface area contributed by atoms with Crippen LogP contribution >= 0.6 is 0 Å². The van der Waals surface area contributed by atoms with Crippen molar-refractivity contribution in [2.24, 2.45) is 29.4 Å². The van der Waals surface area contributed by atoms with Gasteiger partial charge in [-0.05, 0) is 73.3 Å². The second-order valence-electron chi connectivity index (χ2n) is 11.6. The van der Waals surface area contributed by atoms with Crippen LogP contribution in [0.5, 0.6) is 5.75 Å². The molecule has 0 bridgehead atoms. The van der Waals surface area contributed by atoms with Crippen LogP contribution in [0.15, 0.2) is 42.5 Å². The first-order chi connectivity index (χ1) is 19.8. The maximum Gasteiger partial charge on any atom is 0.235 e. The molecule has 2 aromatic carbocycles. The van der Waals surface area contributed by atoms with E-state index in [9.17, 15) is 39.0 Å². The van der Waals surface area contributed by atoms with Crippen LogP contribution in [-0.2, 0) is 30.4 Å². The molecule has 42 heavy (non-hydrogen) atoms. The number of rotatable bonds is 6. The van der Waals surface area contributed by atoms with Crippen LogP contribution in [0.4, 0.5) is 0 Å². The first-order valence-electron chi connectivity index (χ1n) is 13.8. The second kappa shape index (κ2) is 10.5. The van der Waals surface area contributed by atoms with Crippen LogP contribution in [-0.4, -0.2) is 75.7 Å². The van der Waals surface area contributed by atoms with Crippen LogP contribution in [0.2, 0.25) is 0 Å². The Morgan fingerprint density at radius 3 is 2.45 bits per heavy atom. The van der Waals surface area contributed by atoms with E-state index < -0.39 is 64.4 Å². The molecule has 6 atom stereocenters. The lowest BCUT2D eigenvalue weighted by Gasteiger charge is -2.52. The van der Waals surface area contributed by atoms with Crippen molar-refractivity contribution >= 4 is 40.9 Å². The fourth-order valence-corrected chi connectivity index (χ4v) is 6.99. The van der Waals surface area contributed by atoms with E-state index in [-0.39, 0.29) is 29.9 Å². The molecule has 3 aliphatic rings. The van der Waals surface area contributed by atoms with E-state index in [1.54, 1.807) is 39.2 Å². The van der Waals surface area contributed by atoms with E-state index in [0.717, 1.165) is 11.1 Å². The number of aliphatic hydroxyl groups is 1. The van der Waals surface area contributed by atoms with Gasteiger partial charge in [-0.1, -0.05) is 37.3 Å². The lowest BCUT2D eigenvalue weighted by atomic mass is 9.52. The average Bonchev–Trinajstić information content (AvgIpc) is 2.93. The standard InChI is InChI=1S/C32H32N2O8/c1-4-18(35)9-8-15-6-5-7-16(12-15)19-10-11-22(36)24-20(19)13-17-14-21-26(34(2)3)28(38)25(31(33)41)30(40)32(21,42)29(39)23(17)27(24)37/h5-12,17,21,23,25-26,36,42H,4,13-14H2,1-3H3,(H2,33,41)/b9-8+. The van der Waals surface area contributed by atoms with Crippen molar-refractivity contribution in [1.29, 1.82) is 0 Å². The maximum absolute atomic E-state index is 14.0. The monoisotopic (exact) mass is 572 g/mol. The van der Waals surface area contributed by atoms with Gasteiger partial charge in [-0.15, -0.1) is 0 Å². The molecule has 0 aromatic heterocycles. The Morgan fingerprint density at radius 1 is 1.10 bits per heavy atom. The van der Waals surface area contributed by atoms with Crippen molar-refractivity contribution in [1.82, 2.24) is 4.90 Å². The Balaban J connectivity index is 1.61. The number of nitrogens with two attached hydrogens (primary N) is 1. The molecule has 5 rings (SSSR count). The molecule has 0 heterocycles. The zero-order valence-corrected chi connectivity index (χ0v) is 23.5. The molecular formula is C32H32N2O8. The van der Waals surface area contributed by atoms with Crippen molar-refractivity contribution in [2.45, 2.75) is 37.8 Å². The quantitative estimate of drug-likeness (QED) is 0.343. The Bertz CT molecular complexity index is 1590. The van der Waals surface area contributed by atoms with Crippen LogP contribution in [0.3, 0.4) is 0 Å². The van der Waals surface area contributed by atoms with Crippen molar-refractivity contribution in [3.05, 3.63) is 59.2 Å². The normalized spacial score (nSPS) is 28.9. The molecule has 2 saturated carbocycles. The summed E-state index contributed by atoms with van der Waals surface area (Å²) in [7, 11) is 3.08. The summed E-state index contributed by atoms with van der Waals surface area (Å²) < 4.78 is 0. The number of likely N-dealkylation sites (N-methyl/N-ethyl adjacent to an activating group) is 1. The Morgan fingerprint density at radius 2 is 1.81 bits per heavy atom. The molecule has 0 spiro atoms. The van der Waals surface area contributed by atoms with E-state index in [1.165, 1.54) is 17.0 Å². The summed E-state index contributed by atoms with van der Waals surface area (Å²) in [6, 6.07) is 9.18. The van der Waals surface area contributed by atoms with E-state index in [4.69, 9.17) is 5.73 Å². The highest BCUT2D eigenvalue weighted by Gasteiger charge is 2.69. The SMILES string of the molecule is CCC(=O)/C=C/c1cccc(-c2ccc(O)c3c2CC2CC4C(N(C)C)C(=O)C(C(N)=O)C(=O)C4(O)C(=O)C2C3=O)c1. The van der Waals surface area contributed by atoms with Crippen LogP contribution in [0, 0.1) is 23.7 Å². The summed E-state index contributed by atoms with van der Waals surface area (Å²) >= 11 is 0. The highest BCUT2D eigenvalue weighted by molar-refractivity contribution is 6.32. The van der Waals surface area contributed by atoms with Gasteiger partial charge in [0.2, 0.25) is 5.91 Å². The van der Waals surface area contributed by atoms with E-state index in [0.29, 0.717) is 17.5 Å². The van der Waals surface area contributed by atoms with Gasteiger partial charge in [0, 0.05) is 12.3 Å². The van der Waals surface area contributed by atoms with Gasteiger partial charge in [0.1, 0.15) is 5.75 Å². The van der Waals surface area contributed by atoms with Crippen molar-refractivity contribution in [2.75, 3.05) is 14.1 Å². The first kappa shape index (κ1) is 29.2. The van der Waals surface area contributed by atoms with Gasteiger partial charge >= 0.3 is 0 Å². The topological polar surface area (TPSA) is 172 Å². The number of carbonyl (C=O) groups is 6. The second-order valence-corrected chi connectivity index (χ2v) is 11.6. The number of Topliss-reactive ketones (excluding diaryl/α,β-unsaturated/α-hetero) is 4. The highest BCUT2D eigenvalue weighted by Crippen LogP contribution is 2.51. The number of fused-ring (bicyclic) bond motifs is 3. The number of allylic oxidation sites excluding steroid dienone is 1. The largest absolute Gasteiger partial charge is 0.507 e. The highest BCUT2D eigenvalue weighted by atomic mass is 16.3. The van der Waals surface area contributed by atoms with Gasteiger partial charge < -0.3 is 15.9 Å². The molecular weight excluding hydrogens is 540 g/mol. The molecule has 3 aliphatic carbocycles. The Labute approximate surface area is 242 Å². The smallest absolute Gasteiger partial charge is 0.235 e. The molecule has 0 aliphatic heterocycles. The van der Waals surface area contributed by atoms with E-state index in [1.807, 2.05) is 18.2 Å². The summed E-state index contributed by atoms with van der Waals surface area (Å²) in [5, 5.41) is 22.5. The minimum absolute atomic E-state index is 0.0269. The van der Waals surface area contributed by atoms with E-state index >= 15 is 0 Å². The molecule has 10 nitrogen and oxygen atoms in total. The van der Waals surface area contributed by atoms with Crippen LogP contribution in [0.25, 0.3) is 17.2 Å². The van der Waals surface area contributed by atoms with Gasteiger partial charge in [0.25, 0.3) is 0 Å². The predicted molar refractivity (Wildman–Crippen MR) is 151 cm³/mol. The van der Waals surface area contributed by atoms with Gasteiger partial charge in [-0.25, -0.2) is 0 Å². The average molecular weight is 573 g/mol. The maximum atomic E-state index is 14.0. The predicted octanol–water partition coefficient (Wildman–Crippen LogP) is 1.53. The third-order valence-electron chi connectivity index (χ3n) is 8.95. The summed E-state index contributed by atoms with van der Waals surface area (Å²) in [6.45, 7) is 1.77. The van der Waals surface area contributed by atoms with Gasteiger partial charge in [0.15, 0.2) is 40.4 Å². The summed E-state index contributed by atoms with van der Waals surface area (Å²) in [5.41, 5.74) is 5.16. The molecule has 218 valence electrons. The first-order valence-corrected chi connectivity index (χ1v) is 13.8. The number of carbonyl (C=O) groups excluding carboxylic acids is 6. The molecule has 6 unspecified atom stereocenters. The van der Waals surface area contributed by atoms with Gasteiger partial charge in [0.05, 0.1) is 17.5 Å². The fourth-order valence-electron chi connectivity index (χ4n) is 6.99. The number of phenolic OH excluding ortho intramolecular Hbond substituents is 1. The lowest BCUT2D eigenvalue weighted by molar-refractivity contribution is -0.181. The minimum Gasteiger partial charge on any atom is -0.507 e. The number of phenols is 1. The Kier molecular flexibility index (Phi) is 7.32. The van der Waals surface area contributed by atoms with Gasteiger partial charge in [-0.3, -0.25) is 33.7 Å². The summed E-state index contributed by atoms with van der Waals surface area (Å²) in [5.74, 6) is -10.9. The zero-order chi connectivity index (χ0) is 30.7. The number of benzene rings is 2. The summed E-state index contributed by atoms with van der Waals surface area (Å²) in [4.78, 5) is 79.9. The van der Waals surface area contributed by atoms with Gasteiger partial charge in [-0.2, -0.15) is 0 Å². The number of hydrogen-bond acceptors (Lipinski definition) is 9. The number of aromatic hydroxyl groups is 1. The third kappa shape index (κ3) is 4.33. The lowest BCUT2D eigenvalue weighted by Crippen LogP contribution is -2.74. The number of nitrogens with zero attached hydrogens (tertiary/aromatic N) is 1. The third-order valence-corrected chi connectivity index (χ3v) is 8.95. The van der Waals surface area contributed by atoms with Crippen molar-refractivity contribution in [3.8, 4) is 16.9 Å². The Hall–Kier alpha value is -4.28. The molecule has 1 amide bonds. The minimum atomic E-state index is -2.76. The molecule has 2 aromatic rings. The molecule has 2 fully saturated rings. The molecule has 0 saturated heterocycles. The number of amides is 1. The number of ketones is 5. The van der Waals surface area contributed by atoms with Crippen LogP contribution < -0.4 is 5.73 Å². The molecule has 0 radical (unpaired) electrons. The van der Waals surface area contributed by atoms with Crippen LogP contribution in [0.1, 0.15) is 41.3 Å². The fraction of sp³-hybridized carbons (Fsp3) is 0.375. The molecule has 4 N–H and O–H groups in total. The molecule has 10 heteroatoms. The van der Waals surface area contributed by atoms with Crippen molar-refractivity contribution in [3.63, 3.8) is 0 Å². The number of primary amides is 1. The number of hydrogen-bond donors (Lipinski definition) is 3. The van der Waals surface area contributed by atoms with E-state index in [2.05, 4.69) is 0 Å². The summed E-state index contributed by atoms with van der Waals surface area (Å²) in [6.07, 6.45) is 3.69. The zero-order valence-electron chi connectivity index (χ0n) is 23.5. The van der Waals surface area contributed by atoms with Crippen molar-refractivity contribution < 1.29 is 39.0 Å².